The van der Waals surface area contributed by atoms with Crippen LogP contribution in [0.1, 0.15) is 49.2 Å². The van der Waals surface area contributed by atoms with E-state index in [9.17, 15) is 4.79 Å². The van der Waals surface area contributed by atoms with Gasteiger partial charge in [-0.2, -0.15) is 0 Å². The van der Waals surface area contributed by atoms with Gasteiger partial charge in [-0.15, -0.1) is 0 Å². The van der Waals surface area contributed by atoms with Gasteiger partial charge in [-0.3, -0.25) is 9.69 Å². The molecule has 0 spiro atoms. The lowest BCUT2D eigenvalue weighted by Crippen LogP contribution is -2.45. The fourth-order valence-electron chi connectivity index (χ4n) is 3.44. The van der Waals surface area contributed by atoms with Crippen LogP contribution in [0, 0.1) is 0 Å². The highest BCUT2D eigenvalue weighted by atomic mass is 16.1. The Hall–Kier alpha value is -2.13. The summed E-state index contributed by atoms with van der Waals surface area (Å²) in [6.45, 7) is 13.6. The molecule has 1 aliphatic rings. The van der Waals surface area contributed by atoms with Crippen LogP contribution in [0.15, 0.2) is 48.5 Å². The number of rotatable bonds is 4. The van der Waals surface area contributed by atoms with E-state index in [0.29, 0.717) is 0 Å². The Kier molecular flexibility index (Phi) is 5.47. The van der Waals surface area contributed by atoms with E-state index in [1.54, 1.807) is 6.92 Å². The normalized spacial score (nSPS) is 15.9. The molecule has 2 aromatic carbocycles. The van der Waals surface area contributed by atoms with Gasteiger partial charge >= 0.3 is 0 Å². The third-order valence-electron chi connectivity index (χ3n) is 5.24. The molecule has 0 atom stereocenters. The SMILES string of the molecule is CC(=O)c1ccc(N2CCN(Cc3ccc(C(C)(C)C)cc3)CC2)cc1. The number of carbonyl (C=O) groups is 1. The van der Waals surface area contributed by atoms with Gasteiger partial charge in [-0.1, -0.05) is 45.0 Å². The van der Waals surface area contributed by atoms with Crippen molar-refractivity contribution in [1.82, 2.24) is 4.90 Å². The Balaban J connectivity index is 1.54. The minimum atomic E-state index is 0.124. The molecule has 3 heteroatoms. The molecular formula is C23H30N2O. The molecule has 0 aromatic heterocycles. The van der Waals surface area contributed by atoms with Gasteiger partial charge in [0, 0.05) is 44.0 Å². The smallest absolute Gasteiger partial charge is 0.159 e. The van der Waals surface area contributed by atoms with Crippen molar-refractivity contribution in [3.05, 3.63) is 65.2 Å². The first-order chi connectivity index (χ1) is 12.3. The zero-order valence-corrected chi connectivity index (χ0v) is 16.5. The van der Waals surface area contributed by atoms with E-state index < -0.39 is 0 Å². The van der Waals surface area contributed by atoms with Crippen molar-refractivity contribution in [2.24, 2.45) is 0 Å². The van der Waals surface area contributed by atoms with Crippen molar-refractivity contribution in [3.63, 3.8) is 0 Å². The van der Waals surface area contributed by atoms with Gasteiger partial charge in [-0.25, -0.2) is 0 Å². The van der Waals surface area contributed by atoms with Gasteiger partial charge in [0.1, 0.15) is 0 Å². The molecule has 3 rings (SSSR count). The number of carbonyl (C=O) groups excluding carboxylic acids is 1. The molecule has 1 aliphatic heterocycles. The summed E-state index contributed by atoms with van der Waals surface area (Å²) in [4.78, 5) is 16.3. The van der Waals surface area contributed by atoms with E-state index in [2.05, 4.69) is 67.0 Å². The second-order valence-electron chi connectivity index (χ2n) is 8.31. The largest absolute Gasteiger partial charge is 0.369 e. The van der Waals surface area contributed by atoms with Crippen LogP contribution in [0.5, 0.6) is 0 Å². The molecule has 26 heavy (non-hydrogen) atoms. The quantitative estimate of drug-likeness (QED) is 0.758. The highest BCUT2D eigenvalue weighted by Gasteiger charge is 2.18. The summed E-state index contributed by atoms with van der Waals surface area (Å²) in [6.07, 6.45) is 0. The van der Waals surface area contributed by atoms with Gasteiger partial charge < -0.3 is 4.90 Å². The fourth-order valence-corrected chi connectivity index (χ4v) is 3.44. The Bertz CT molecular complexity index is 733. The average molecular weight is 351 g/mol. The third-order valence-corrected chi connectivity index (χ3v) is 5.24. The van der Waals surface area contributed by atoms with Crippen molar-refractivity contribution in [2.45, 2.75) is 39.7 Å². The molecule has 3 nitrogen and oxygen atoms in total. The van der Waals surface area contributed by atoms with Crippen molar-refractivity contribution in [1.29, 1.82) is 0 Å². The summed E-state index contributed by atoms with van der Waals surface area (Å²) in [7, 11) is 0. The van der Waals surface area contributed by atoms with Gasteiger partial charge in [0.05, 0.1) is 0 Å². The topological polar surface area (TPSA) is 23.6 Å². The van der Waals surface area contributed by atoms with Crippen LogP contribution in [0.4, 0.5) is 5.69 Å². The monoisotopic (exact) mass is 350 g/mol. The minimum Gasteiger partial charge on any atom is -0.369 e. The highest BCUT2D eigenvalue weighted by Crippen LogP contribution is 2.23. The van der Waals surface area contributed by atoms with Crippen LogP contribution in [0.2, 0.25) is 0 Å². The Morgan fingerprint density at radius 3 is 1.96 bits per heavy atom. The summed E-state index contributed by atoms with van der Waals surface area (Å²) < 4.78 is 0. The van der Waals surface area contributed by atoms with Crippen molar-refractivity contribution in [3.8, 4) is 0 Å². The highest BCUT2D eigenvalue weighted by molar-refractivity contribution is 5.94. The Labute approximate surface area is 157 Å². The van der Waals surface area contributed by atoms with Crippen LogP contribution < -0.4 is 4.90 Å². The molecule has 1 saturated heterocycles. The molecular weight excluding hydrogens is 320 g/mol. The fraction of sp³-hybridized carbons (Fsp3) is 0.435. The Morgan fingerprint density at radius 2 is 1.46 bits per heavy atom. The Morgan fingerprint density at radius 1 is 0.885 bits per heavy atom. The minimum absolute atomic E-state index is 0.124. The van der Waals surface area contributed by atoms with Gasteiger partial charge in [0.15, 0.2) is 5.78 Å². The zero-order chi connectivity index (χ0) is 18.7. The van der Waals surface area contributed by atoms with Crippen LogP contribution in [-0.2, 0) is 12.0 Å². The molecule has 1 fully saturated rings. The molecule has 0 amide bonds. The molecule has 2 aromatic rings. The molecule has 0 aliphatic carbocycles. The van der Waals surface area contributed by atoms with Gasteiger partial charge in [0.25, 0.3) is 0 Å². The number of hydrogen-bond donors (Lipinski definition) is 0. The van der Waals surface area contributed by atoms with Crippen molar-refractivity contribution >= 4 is 11.5 Å². The molecule has 0 radical (unpaired) electrons. The standard InChI is InChI=1S/C23H30N2O/c1-18(26)20-7-11-22(12-8-20)25-15-13-24(14-16-25)17-19-5-9-21(10-6-19)23(2,3)4/h5-12H,13-17H2,1-4H3. The van der Waals surface area contributed by atoms with E-state index in [-0.39, 0.29) is 11.2 Å². The summed E-state index contributed by atoms with van der Waals surface area (Å²) in [6, 6.07) is 17.1. The maximum absolute atomic E-state index is 11.4. The lowest BCUT2D eigenvalue weighted by Gasteiger charge is -2.36. The van der Waals surface area contributed by atoms with E-state index in [1.165, 1.54) is 16.8 Å². The van der Waals surface area contributed by atoms with Crippen molar-refractivity contribution < 1.29 is 4.79 Å². The van der Waals surface area contributed by atoms with E-state index in [1.807, 2.05) is 12.1 Å². The average Bonchev–Trinajstić information content (AvgIpc) is 2.62. The first-order valence-corrected chi connectivity index (χ1v) is 9.51. The maximum atomic E-state index is 11.4. The summed E-state index contributed by atoms with van der Waals surface area (Å²) in [5.74, 6) is 0.124. The lowest BCUT2D eigenvalue weighted by atomic mass is 9.87. The number of piperazine rings is 1. The van der Waals surface area contributed by atoms with E-state index in [0.717, 1.165) is 38.3 Å². The van der Waals surface area contributed by atoms with Gasteiger partial charge in [0.2, 0.25) is 0 Å². The number of hydrogen-bond acceptors (Lipinski definition) is 3. The number of benzene rings is 2. The predicted octanol–water partition coefficient (Wildman–Crippen LogP) is 4.51. The lowest BCUT2D eigenvalue weighted by molar-refractivity contribution is 0.101. The number of nitrogens with zero attached hydrogens (tertiary/aromatic N) is 2. The van der Waals surface area contributed by atoms with E-state index in [4.69, 9.17) is 0 Å². The maximum Gasteiger partial charge on any atom is 0.159 e. The summed E-state index contributed by atoms with van der Waals surface area (Å²) >= 11 is 0. The first-order valence-electron chi connectivity index (χ1n) is 9.51. The van der Waals surface area contributed by atoms with Crippen LogP contribution in [0.3, 0.4) is 0 Å². The van der Waals surface area contributed by atoms with Crippen LogP contribution in [-0.4, -0.2) is 36.9 Å². The number of ketones is 1. The summed E-state index contributed by atoms with van der Waals surface area (Å²) in [5.41, 5.74) is 4.98. The molecule has 0 bridgehead atoms. The van der Waals surface area contributed by atoms with Crippen LogP contribution in [0.25, 0.3) is 0 Å². The number of Topliss-reactive ketones (excluding diaryl/α,β-unsaturated/α-hetero) is 1. The van der Waals surface area contributed by atoms with E-state index >= 15 is 0 Å². The summed E-state index contributed by atoms with van der Waals surface area (Å²) in [5, 5.41) is 0. The zero-order valence-electron chi connectivity index (χ0n) is 16.5. The van der Waals surface area contributed by atoms with Crippen LogP contribution >= 0.6 is 0 Å². The predicted molar refractivity (Wildman–Crippen MR) is 109 cm³/mol. The molecule has 0 saturated carbocycles. The number of anilines is 1. The first kappa shape index (κ1) is 18.7. The second-order valence-corrected chi connectivity index (χ2v) is 8.31. The molecule has 1 heterocycles. The molecule has 138 valence electrons. The molecule has 0 unspecified atom stereocenters. The van der Waals surface area contributed by atoms with Crippen molar-refractivity contribution in [2.75, 3.05) is 31.1 Å². The third kappa shape index (κ3) is 4.53. The molecule has 0 N–H and O–H groups in total. The second kappa shape index (κ2) is 7.63. The van der Waals surface area contributed by atoms with Gasteiger partial charge in [-0.05, 0) is 47.7 Å².